The SMILES string of the molecule is c1ccc(-c2ccc3c(c2)c2cc(-c4ccccc4)ccc2n3-c2ccc3c(c2)C2(c4ccccc4-c4ccccc42)c2ccccc2-3)cc1. The van der Waals surface area contributed by atoms with E-state index in [1.54, 1.807) is 0 Å². The largest absolute Gasteiger partial charge is 0.309 e. The Morgan fingerprint density at radius 2 is 0.720 bits per heavy atom. The molecule has 0 N–H and O–H groups in total. The maximum Gasteiger partial charge on any atom is 0.0726 e. The van der Waals surface area contributed by atoms with Crippen LogP contribution in [0.3, 0.4) is 0 Å². The molecule has 2 aliphatic carbocycles. The quantitative estimate of drug-likeness (QED) is 0.182. The lowest BCUT2D eigenvalue weighted by Crippen LogP contribution is -2.26. The average Bonchev–Trinajstić information content (AvgIpc) is 3.79. The molecule has 0 radical (unpaired) electrons. The van der Waals surface area contributed by atoms with E-state index in [1.807, 2.05) is 0 Å². The summed E-state index contributed by atoms with van der Waals surface area (Å²) in [6.07, 6.45) is 0. The third-order valence-electron chi connectivity index (χ3n) is 11.2. The second-order valence-corrected chi connectivity index (χ2v) is 13.6. The summed E-state index contributed by atoms with van der Waals surface area (Å²) in [5.74, 6) is 0. The molecule has 0 atom stereocenters. The van der Waals surface area contributed by atoms with Crippen LogP contribution in [0.5, 0.6) is 0 Å². The molecule has 0 bridgehead atoms. The number of hydrogen-bond acceptors (Lipinski definition) is 0. The van der Waals surface area contributed by atoms with Crippen LogP contribution in [0.15, 0.2) is 188 Å². The van der Waals surface area contributed by atoms with Crippen LogP contribution in [-0.4, -0.2) is 4.57 Å². The first-order chi connectivity index (χ1) is 24.8. The fraction of sp³-hybridized carbons (Fsp3) is 0.0204. The molecule has 1 heteroatoms. The Morgan fingerprint density at radius 3 is 1.20 bits per heavy atom. The van der Waals surface area contributed by atoms with Crippen LogP contribution in [0.4, 0.5) is 0 Å². The zero-order chi connectivity index (χ0) is 32.8. The number of rotatable bonds is 3. The van der Waals surface area contributed by atoms with Gasteiger partial charge in [-0.2, -0.15) is 0 Å². The monoisotopic (exact) mass is 633 g/mol. The Kier molecular flexibility index (Phi) is 5.66. The van der Waals surface area contributed by atoms with Gasteiger partial charge in [-0.25, -0.2) is 0 Å². The van der Waals surface area contributed by atoms with Gasteiger partial charge in [-0.15, -0.1) is 0 Å². The van der Waals surface area contributed by atoms with Gasteiger partial charge in [0, 0.05) is 16.5 Å². The molecule has 1 nitrogen and oxygen atoms in total. The van der Waals surface area contributed by atoms with Crippen molar-refractivity contribution in [2.45, 2.75) is 5.41 Å². The van der Waals surface area contributed by atoms with Crippen molar-refractivity contribution in [2.75, 3.05) is 0 Å². The standard InChI is InChI=1S/C49H31N/c1-3-13-32(14-4-1)34-23-27-47-41(29-34)42-30-35(33-15-5-2-6-16-33)24-28-48(42)50(47)36-25-26-40-39-19-9-12-22-45(39)49(46(40)31-36)43-20-10-7-17-37(43)38-18-8-11-21-44(38)49/h1-31H. The highest BCUT2D eigenvalue weighted by atomic mass is 15.0. The minimum Gasteiger partial charge on any atom is -0.309 e. The maximum absolute atomic E-state index is 2.49. The topological polar surface area (TPSA) is 4.93 Å². The van der Waals surface area contributed by atoms with Gasteiger partial charge in [-0.05, 0) is 103 Å². The van der Waals surface area contributed by atoms with Crippen molar-refractivity contribution in [1.82, 2.24) is 4.57 Å². The van der Waals surface area contributed by atoms with Gasteiger partial charge in [-0.3, -0.25) is 0 Å². The minimum absolute atomic E-state index is 0.380. The molecule has 9 aromatic rings. The van der Waals surface area contributed by atoms with Crippen LogP contribution in [-0.2, 0) is 5.41 Å². The van der Waals surface area contributed by atoms with Crippen LogP contribution in [0.2, 0.25) is 0 Å². The van der Waals surface area contributed by atoms with E-state index in [4.69, 9.17) is 0 Å². The van der Waals surface area contributed by atoms with Gasteiger partial charge >= 0.3 is 0 Å². The smallest absolute Gasteiger partial charge is 0.0726 e. The van der Waals surface area contributed by atoms with Crippen molar-refractivity contribution < 1.29 is 0 Å². The Hall–Kier alpha value is -6.44. The fourth-order valence-electron chi connectivity index (χ4n) is 9.14. The zero-order valence-corrected chi connectivity index (χ0v) is 27.3. The molecule has 11 rings (SSSR count). The van der Waals surface area contributed by atoms with Crippen molar-refractivity contribution in [3.63, 3.8) is 0 Å². The highest BCUT2D eigenvalue weighted by Gasteiger charge is 2.51. The molecule has 2 aliphatic rings. The Morgan fingerprint density at radius 1 is 0.300 bits per heavy atom. The summed E-state index contributed by atoms with van der Waals surface area (Å²) in [4.78, 5) is 0. The van der Waals surface area contributed by atoms with Crippen molar-refractivity contribution in [3.05, 3.63) is 210 Å². The summed E-state index contributed by atoms with van der Waals surface area (Å²) in [6.45, 7) is 0. The van der Waals surface area contributed by atoms with Crippen molar-refractivity contribution >= 4 is 21.8 Å². The molecule has 50 heavy (non-hydrogen) atoms. The summed E-state index contributed by atoms with van der Waals surface area (Å²) in [7, 11) is 0. The van der Waals surface area contributed by atoms with Crippen LogP contribution < -0.4 is 0 Å². The Balaban J connectivity index is 1.21. The maximum atomic E-state index is 2.49. The molecule has 0 fully saturated rings. The second-order valence-electron chi connectivity index (χ2n) is 13.6. The summed E-state index contributed by atoms with van der Waals surface area (Å²) >= 11 is 0. The molecule has 8 aromatic carbocycles. The molecule has 0 saturated heterocycles. The first kappa shape index (κ1) is 27.5. The van der Waals surface area contributed by atoms with E-state index < -0.39 is 0 Å². The summed E-state index contributed by atoms with van der Waals surface area (Å²) < 4.78 is 2.48. The van der Waals surface area contributed by atoms with E-state index in [0.29, 0.717) is 0 Å². The van der Waals surface area contributed by atoms with Gasteiger partial charge in [0.15, 0.2) is 0 Å². The van der Waals surface area contributed by atoms with Crippen molar-refractivity contribution in [1.29, 1.82) is 0 Å². The number of hydrogen-bond donors (Lipinski definition) is 0. The van der Waals surface area contributed by atoms with Gasteiger partial charge in [0.2, 0.25) is 0 Å². The fourth-order valence-corrected chi connectivity index (χ4v) is 9.14. The van der Waals surface area contributed by atoms with Gasteiger partial charge in [-0.1, -0.05) is 152 Å². The van der Waals surface area contributed by atoms with Crippen molar-refractivity contribution in [2.24, 2.45) is 0 Å². The zero-order valence-electron chi connectivity index (χ0n) is 27.3. The Bertz CT molecular complexity index is 2640. The first-order valence-corrected chi connectivity index (χ1v) is 17.4. The second kappa shape index (κ2) is 10.3. The molecule has 1 spiro atoms. The summed E-state index contributed by atoms with van der Waals surface area (Å²) in [5, 5.41) is 2.52. The lowest BCUT2D eigenvalue weighted by atomic mass is 9.70. The van der Waals surface area contributed by atoms with Gasteiger partial charge in [0.25, 0.3) is 0 Å². The van der Waals surface area contributed by atoms with Crippen molar-refractivity contribution in [3.8, 4) is 50.2 Å². The van der Waals surface area contributed by atoms with Crippen LogP contribution in [0.25, 0.3) is 72.0 Å². The predicted octanol–water partition coefficient (Wildman–Crippen LogP) is 12.5. The van der Waals surface area contributed by atoms with E-state index in [-0.39, 0.29) is 5.41 Å². The van der Waals surface area contributed by atoms with Crippen LogP contribution in [0.1, 0.15) is 22.3 Å². The van der Waals surface area contributed by atoms with Crippen LogP contribution in [0, 0.1) is 0 Å². The molecular weight excluding hydrogens is 603 g/mol. The molecule has 0 saturated carbocycles. The lowest BCUT2D eigenvalue weighted by molar-refractivity contribution is 0.792. The molecule has 1 heterocycles. The number of fused-ring (bicyclic) bond motifs is 13. The van der Waals surface area contributed by atoms with Gasteiger partial charge in [0.1, 0.15) is 0 Å². The van der Waals surface area contributed by atoms with E-state index in [1.165, 1.54) is 94.3 Å². The highest BCUT2D eigenvalue weighted by molar-refractivity contribution is 6.12. The third-order valence-corrected chi connectivity index (χ3v) is 11.2. The molecular formula is C49H31N. The molecule has 0 unspecified atom stereocenters. The molecule has 0 amide bonds. The lowest BCUT2D eigenvalue weighted by Gasteiger charge is -2.30. The van der Waals surface area contributed by atoms with E-state index >= 15 is 0 Å². The molecule has 0 aliphatic heterocycles. The predicted molar refractivity (Wildman–Crippen MR) is 208 cm³/mol. The highest BCUT2D eigenvalue weighted by Crippen LogP contribution is 2.63. The summed E-state index contributed by atoms with van der Waals surface area (Å²) in [5.41, 5.74) is 18.9. The van der Waals surface area contributed by atoms with Gasteiger partial charge in [0.05, 0.1) is 16.4 Å². The number of nitrogens with zero attached hydrogens (tertiary/aromatic N) is 1. The number of benzene rings is 8. The normalized spacial score (nSPS) is 13.4. The van der Waals surface area contributed by atoms with Gasteiger partial charge < -0.3 is 4.57 Å². The Labute approximate surface area is 291 Å². The van der Waals surface area contributed by atoms with E-state index in [9.17, 15) is 0 Å². The van der Waals surface area contributed by atoms with Crippen LogP contribution >= 0.6 is 0 Å². The average molecular weight is 634 g/mol. The van der Waals surface area contributed by atoms with E-state index in [0.717, 1.165) is 0 Å². The van der Waals surface area contributed by atoms with E-state index in [2.05, 4.69) is 193 Å². The first-order valence-electron chi connectivity index (χ1n) is 17.4. The molecule has 232 valence electrons. The third kappa shape index (κ3) is 3.61. The molecule has 1 aromatic heterocycles. The summed E-state index contributed by atoms with van der Waals surface area (Å²) in [6, 6.07) is 69.7. The minimum atomic E-state index is -0.380. The number of aromatic nitrogens is 1.